The van der Waals surface area contributed by atoms with Crippen LogP contribution in [0.2, 0.25) is 0 Å². The summed E-state index contributed by atoms with van der Waals surface area (Å²) in [5, 5.41) is 9.09. The van der Waals surface area contributed by atoms with E-state index in [1.165, 1.54) is 6.07 Å². The van der Waals surface area contributed by atoms with E-state index in [0.29, 0.717) is 6.41 Å². The molecular weight excluding hydrogens is 257 g/mol. The molecule has 0 spiro atoms. The number of carbonyl (C=O) groups excluding carboxylic acids is 2. The number of nitrogens with one attached hydrogen (secondary N) is 2. The molecule has 0 aliphatic carbocycles. The third kappa shape index (κ3) is 4.10. The van der Waals surface area contributed by atoms with Crippen LogP contribution in [-0.4, -0.2) is 20.7 Å². The largest absolute Gasteiger partial charge is 1.00 e. The van der Waals surface area contributed by atoms with Gasteiger partial charge in [-0.15, -0.1) is 0 Å². The number of nitrogens with two attached hydrogens (primary N) is 1. The Labute approximate surface area is 120 Å². The summed E-state index contributed by atoms with van der Waals surface area (Å²) >= 11 is 0. The first-order chi connectivity index (χ1) is 7.36. The summed E-state index contributed by atoms with van der Waals surface area (Å²) < 4.78 is 22.1. The van der Waals surface area contributed by atoms with Gasteiger partial charge in [-0.1, -0.05) is 0 Å². The molecule has 0 atom stereocenters. The Morgan fingerprint density at radius 3 is 2.41 bits per heavy atom. The van der Waals surface area contributed by atoms with Crippen molar-refractivity contribution < 1.29 is 47.6 Å². The monoisotopic (exact) mass is 265 g/mol. The Kier molecular flexibility index (Phi) is 5.79. The van der Waals surface area contributed by atoms with Gasteiger partial charge in [0.1, 0.15) is 0 Å². The Hall–Kier alpha value is -0.930. The van der Waals surface area contributed by atoms with Crippen molar-refractivity contribution in [3.8, 4) is 0 Å². The van der Waals surface area contributed by atoms with Gasteiger partial charge in [0.05, 0.1) is 20.5 Å². The van der Waals surface area contributed by atoms with E-state index in [0.717, 1.165) is 12.1 Å². The molecule has 4 N–H and O–H groups in total. The maximum Gasteiger partial charge on any atom is 1.00 e. The molecule has 86 valence electrons. The number of benzene rings is 1. The number of sulfonamides is 1. The van der Waals surface area contributed by atoms with Crippen molar-refractivity contribution in [3.63, 3.8) is 0 Å². The van der Waals surface area contributed by atoms with Crippen LogP contribution < -0.4 is 40.6 Å². The van der Waals surface area contributed by atoms with Gasteiger partial charge in [0, 0.05) is 5.69 Å². The molecule has 2 amide bonds. The fourth-order valence-corrected chi connectivity index (χ4v) is 1.85. The van der Waals surface area contributed by atoms with Gasteiger partial charge >= 0.3 is 29.6 Å². The molecule has 9 heteroatoms. The smallest absolute Gasteiger partial charge is 0.560 e. The van der Waals surface area contributed by atoms with Crippen molar-refractivity contribution in [1.29, 1.82) is 0 Å². The van der Waals surface area contributed by atoms with Crippen LogP contribution in [0, 0.1) is 0 Å². The van der Waals surface area contributed by atoms with Gasteiger partial charge in [-0.05, 0) is 18.2 Å². The van der Waals surface area contributed by atoms with Crippen LogP contribution >= 0.6 is 0 Å². The molecule has 0 unspecified atom stereocenters. The Morgan fingerprint density at radius 1 is 1.41 bits per heavy atom. The summed E-state index contributed by atoms with van der Waals surface area (Å²) in [6, 6.07) is 3.44. The molecule has 7 nitrogen and oxygen atoms in total. The quantitative estimate of drug-likeness (QED) is 0.446. The minimum Gasteiger partial charge on any atom is -0.560 e. The van der Waals surface area contributed by atoms with Gasteiger partial charge < -0.3 is 16.2 Å². The average Bonchev–Trinajstić information content (AvgIpc) is 2.16. The van der Waals surface area contributed by atoms with Crippen molar-refractivity contribution >= 4 is 28.0 Å². The first-order valence-electron chi connectivity index (χ1n) is 4.00. The summed E-state index contributed by atoms with van der Waals surface area (Å²) in [5.74, 6) is -0.955. The molecule has 0 bridgehead atoms. The summed E-state index contributed by atoms with van der Waals surface area (Å²) in [6.45, 7) is 0. The number of primary amides is 1. The molecule has 0 heterocycles. The second-order valence-electron chi connectivity index (χ2n) is 2.84. The van der Waals surface area contributed by atoms with Gasteiger partial charge in [-0.25, -0.2) is 8.42 Å². The molecule has 0 aliphatic rings. The van der Waals surface area contributed by atoms with E-state index in [2.05, 4.69) is 5.32 Å². The third-order valence-corrected chi connectivity index (χ3v) is 2.68. The second kappa shape index (κ2) is 6.12. The molecule has 0 aromatic heterocycles. The number of carbonyl (C=O) groups is 2. The number of rotatable bonds is 4. The zero-order valence-corrected chi connectivity index (χ0v) is 11.7. The van der Waals surface area contributed by atoms with E-state index < -0.39 is 20.8 Å². The molecule has 0 fully saturated rings. The molecule has 0 radical (unpaired) electrons. The minimum atomic E-state index is -4.33. The van der Waals surface area contributed by atoms with Gasteiger partial charge in [0.2, 0.25) is 12.3 Å². The first kappa shape index (κ1) is 16.1. The molecule has 1 aromatic rings. The first-order valence-corrected chi connectivity index (χ1v) is 5.48. The number of amides is 2. The van der Waals surface area contributed by atoms with Gasteiger partial charge in [0.25, 0.3) is 0 Å². The van der Waals surface area contributed by atoms with E-state index in [9.17, 15) is 18.0 Å². The van der Waals surface area contributed by atoms with E-state index in [1.54, 1.807) is 0 Å². The predicted molar refractivity (Wildman–Crippen MR) is 56.2 cm³/mol. The summed E-state index contributed by atoms with van der Waals surface area (Å²) in [4.78, 5) is 20.5. The predicted octanol–water partition coefficient (Wildman–Crippen LogP) is -2.90. The Bertz CT molecular complexity index is 544. The van der Waals surface area contributed by atoms with Crippen molar-refractivity contribution in [2.75, 3.05) is 5.32 Å². The van der Waals surface area contributed by atoms with Crippen LogP contribution in [0.5, 0.6) is 0 Å². The fraction of sp³-hybridized carbons (Fsp3) is 0. The van der Waals surface area contributed by atoms with E-state index >= 15 is 0 Å². The van der Waals surface area contributed by atoms with Crippen LogP contribution in [0.25, 0.3) is 5.14 Å². The summed E-state index contributed by atoms with van der Waals surface area (Å²) in [6.07, 6.45) is 0.347. The zero-order chi connectivity index (χ0) is 12.3. The standard InChI is InChI=1S/C8H9N3O4S.Na/c9-8(13)6-2-1-5(11-4-12)3-7(6)16(10,14)15;/h1-4H,(H5,9,10,11,12,13,14,15);/q;+1/p-1. The van der Waals surface area contributed by atoms with Gasteiger partial charge in [0.15, 0.2) is 0 Å². The zero-order valence-electron chi connectivity index (χ0n) is 8.93. The molecule has 1 rings (SSSR count). The summed E-state index contributed by atoms with van der Waals surface area (Å²) in [7, 11) is -4.33. The topological polar surface area (TPSA) is 130 Å². The SMILES string of the molecule is [NH-]S(=O)(=O)c1cc(NC=O)ccc1C(N)=O.[Na+]. The van der Waals surface area contributed by atoms with Crippen LogP contribution in [0.4, 0.5) is 5.69 Å². The van der Waals surface area contributed by atoms with Crippen molar-refractivity contribution in [1.82, 2.24) is 0 Å². The second-order valence-corrected chi connectivity index (χ2v) is 4.29. The van der Waals surface area contributed by atoms with Crippen LogP contribution in [0.3, 0.4) is 0 Å². The number of anilines is 1. The third-order valence-electron chi connectivity index (χ3n) is 1.76. The molecule has 17 heavy (non-hydrogen) atoms. The number of hydrogen-bond acceptors (Lipinski definition) is 4. The molecule has 0 saturated heterocycles. The van der Waals surface area contributed by atoms with Gasteiger partial charge in [-0.2, -0.15) is 0 Å². The summed E-state index contributed by atoms with van der Waals surface area (Å²) in [5.41, 5.74) is 4.83. The maximum absolute atomic E-state index is 11.1. The van der Waals surface area contributed by atoms with E-state index in [-0.39, 0.29) is 40.8 Å². The Balaban J connectivity index is 0.00000256. The molecular formula is C8H8N3NaO4S. The van der Waals surface area contributed by atoms with Crippen molar-refractivity contribution in [2.24, 2.45) is 5.73 Å². The normalized spacial score (nSPS) is 10.2. The van der Waals surface area contributed by atoms with E-state index in [1.807, 2.05) is 0 Å². The van der Waals surface area contributed by atoms with Crippen LogP contribution in [-0.2, 0) is 14.8 Å². The molecule has 0 aliphatic heterocycles. The van der Waals surface area contributed by atoms with Crippen LogP contribution in [0.15, 0.2) is 23.1 Å². The molecule has 1 aromatic carbocycles. The van der Waals surface area contributed by atoms with Crippen molar-refractivity contribution in [2.45, 2.75) is 4.90 Å². The van der Waals surface area contributed by atoms with E-state index in [4.69, 9.17) is 10.9 Å². The van der Waals surface area contributed by atoms with Gasteiger partial charge in [-0.3, -0.25) is 9.59 Å². The van der Waals surface area contributed by atoms with Crippen LogP contribution in [0.1, 0.15) is 10.4 Å². The minimum absolute atomic E-state index is 0. The van der Waals surface area contributed by atoms with Crippen molar-refractivity contribution in [3.05, 3.63) is 28.9 Å². The Morgan fingerprint density at radius 2 is 2.00 bits per heavy atom. The maximum atomic E-state index is 11.1. The molecule has 0 saturated carbocycles. The fourth-order valence-electron chi connectivity index (χ4n) is 1.11. The number of hydrogen-bond donors (Lipinski definition) is 2. The average molecular weight is 265 g/mol.